The number of carboxylic acid groups (broad SMARTS) is 1. The number of methoxy groups -OCH3 is 1. The molecule has 0 aromatic carbocycles. The smallest absolute Gasteiger partial charge is 0.356 e. The number of aromatic carboxylic acids is 1. The average Bonchev–Trinajstić information content (AvgIpc) is 2.88. The molecule has 0 saturated heterocycles. The van der Waals surface area contributed by atoms with Gasteiger partial charge in [-0.05, 0) is 18.2 Å². The Morgan fingerprint density at radius 3 is 2.78 bits per heavy atom. The van der Waals surface area contributed by atoms with Crippen molar-refractivity contribution in [3.05, 3.63) is 41.9 Å². The van der Waals surface area contributed by atoms with Crippen molar-refractivity contribution < 1.29 is 19.4 Å². The summed E-state index contributed by atoms with van der Waals surface area (Å²) in [7, 11) is 1.28. The third-order valence-electron chi connectivity index (χ3n) is 2.21. The SMILES string of the molecule is COC(=O)c1ccnc(-n2ccc(C(=O)O)n2)c1. The Bertz CT molecular complexity index is 606. The van der Waals surface area contributed by atoms with Gasteiger partial charge >= 0.3 is 11.9 Å². The van der Waals surface area contributed by atoms with E-state index in [0.717, 1.165) is 0 Å². The fourth-order valence-electron chi connectivity index (χ4n) is 1.35. The van der Waals surface area contributed by atoms with Crippen molar-refractivity contribution in [3.8, 4) is 5.82 Å². The van der Waals surface area contributed by atoms with E-state index in [-0.39, 0.29) is 5.69 Å². The van der Waals surface area contributed by atoms with E-state index in [1.54, 1.807) is 0 Å². The molecule has 0 saturated carbocycles. The first kappa shape index (κ1) is 11.8. The molecule has 1 N–H and O–H groups in total. The molecule has 2 aromatic rings. The lowest BCUT2D eigenvalue weighted by Crippen LogP contribution is -2.06. The van der Waals surface area contributed by atoms with Crippen molar-refractivity contribution in [3.63, 3.8) is 0 Å². The minimum absolute atomic E-state index is 0.0970. The van der Waals surface area contributed by atoms with E-state index in [1.165, 1.54) is 42.4 Å². The van der Waals surface area contributed by atoms with Gasteiger partial charge in [-0.15, -0.1) is 0 Å². The number of hydrogen-bond donors (Lipinski definition) is 1. The van der Waals surface area contributed by atoms with Crippen LogP contribution < -0.4 is 0 Å². The zero-order valence-electron chi connectivity index (χ0n) is 9.40. The van der Waals surface area contributed by atoms with Gasteiger partial charge < -0.3 is 9.84 Å². The number of carboxylic acids is 1. The summed E-state index contributed by atoms with van der Waals surface area (Å²) in [6.45, 7) is 0. The summed E-state index contributed by atoms with van der Waals surface area (Å²) in [6.07, 6.45) is 2.87. The maximum atomic E-state index is 11.3. The molecule has 2 rings (SSSR count). The van der Waals surface area contributed by atoms with E-state index in [2.05, 4.69) is 14.8 Å². The van der Waals surface area contributed by atoms with Crippen LogP contribution in [-0.4, -0.2) is 38.9 Å². The predicted molar refractivity (Wildman–Crippen MR) is 59.7 cm³/mol. The largest absolute Gasteiger partial charge is 0.476 e. The van der Waals surface area contributed by atoms with Crippen LogP contribution in [0.5, 0.6) is 0 Å². The Hall–Kier alpha value is -2.70. The Balaban J connectivity index is 2.38. The Morgan fingerprint density at radius 1 is 1.39 bits per heavy atom. The second kappa shape index (κ2) is 4.66. The summed E-state index contributed by atoms with van der Waals surface area (Å²) in [5.41, 5.74) is 0.218. The third-order valence-corrected chi connectivity index (χ3v) is 2.21. The van der Waals surface area contributed by atoms with Gasteiger partial charge in [-0.1, -0.05) is 0 Å². The van der Waals surface area contributed by atoms with Gasteiger partial charge in [0.15, 0.2) is 11.5 Å². The van der Waals surface area contributed by atoms with Crippen molar-refractivity contribution in [2.24, 2.45) is 0 Å². The van der Waals surface area contributed by atoms with Crippen molar-refractivity contribution in [2.75, 3.05) is 7.11 Å². The van der Waals surface area contributed by atoms with Crippen molar-refractivity contribution >= 4 is 11.9 Å². The minimum Gasteiger partial charge on any atom is -0.476 e. The monoisotopic (exact) mass is 247 g/mol. The number of esters is 1. The van der Waals surface area contributed by atoms with Gasteiger partial charge in [0.2, 0.25) is 0 Å². The maximum absolute atomic E-state index is 11.3. The number of carbonyl (C=O) groups excluding carboxylic acids is 1. The van der Waals surface area contributed by atoms with Crippen LogP contribution in [0.1, 0.15) is 20.8 Å². The first-order valence-electron chi connectivity index (χ1n) is 4.95. The molecule has 0 amide bonds. The summed E-state index contributed by atoms with van der Waals surface area (Å²) in [6, 6.07) is 4.30. The number of pyridine rings is 1. The zero-order chi connectivity index (χ0) is 13.1. The van der Waals surface area contributed by atoms with Crippen LogP contribution in [0.2, 0.25) is 0 Å². The van der Waals surface area contributed by atoms with Crippen molar-refractivity contribution in [1.82, 2.24) is 14.8 Å². The van der Waals surface area contributed by atoms with Gasteiger partial charge in [0, 0.05) is 12.4 Å². The lowest BCUT2D eigenvalue weighted by molar-refractivity contribution is 0.0599. The van der Waals surface area contributed by atoms with Crippen LogP contribution in [-0.2, 0) is 4.74 Å². The molecular weight excluding hydrogens is 238 g/mol. The topological polar surface area (TPSA) is 94.3 Å². The molecule has 92 valence electrons. The highest BCUT2D eigenvalue weighted by atomic mass is 16.5. The highest BCUT2D eigenvalue weighted by Crippen LogP contribution is 2.08. The number of nitrogens with zero attached hydrogens (tertiary/aromatic N) is 3. The summed E-state index contributed by atoms with van der Waals surface area (Å²) < 4.78 is 5.85. The number of rotatable bonds is 3. The molecule has 0 radical (unpaired) electrons. The molecular formula is C11H9N3O4. The van der Waals surface area contributed by atoms with Crippen LogP contribution in [0, 0.1) is 0 Å². The van der Waals surface area contributed by atoms with E-state index in [9.17, 15) is 9.59 Å². The van der Waals surface area contributed by atoms with Crippen LogP contribution in [0.15, 0.2) is 30.6 Å². The third kappa shape index (κ3) is 2.19. The van der Waals surface area contributed by atoms with Crippen LogP contribution in [0.4, 0.5) is 0 Å². The molecule has 0 atom stereocenters. The fraction of sp³-hybridized carbons (Fsp3) is 0.0909. The average molecular weight is 247 g/mol. The fourth-order valence-corrected chi connectivity index (χ4v) is 1.35. The second-order valence-corrected chi connectivity index (χ2v) is 3.34. The molecule has 0 aliphatic carbocycles. The standard InChI is InChI=1S/C11H9N3O4/c1-18-11(17)7-2-4-12-9(6-7)14-5-3-8(13-14)10(15)16/h2-6H,1H3,(H,15,16). The molecule has 2 heterocycles. The van der Waals surface area contributed by atoms with Gasteiger partial charge in [0.1, 0.15) is 0 Å². The van der Waals surface area contributed by atoms with Crippen molar-refractivity contribution in [1.29, 1.82) is 0 Å². The minimum atomic E-state index is -1.13. The zero-order valence-corrected chi connectivity index (χ0v) is 9.40. The first-order valence-corrected chi connectivity index (χ1v) is 4.95. The first-order chi connectivity index (χ1) is 8.61. The van der Waals surface area contributed by atoms with Gasteiger partial charge in [-0.25, -0.2) is 19.3 Å². The van der Waals surface area contributed by atoms with Gasteiger partial charge in [-0.3, -0.25) is 0 Å². The normalized spacial score (nSPS) is 10.1. The number of hydrogen-bond acceptors (Lipinski definition) is 5. The summed E-state index contributed by atoms with van der Waals surface area (Å²) in [5.74, 6) is -1.28. The highest BCUT2D eigenvalue weighted by molar-refractivity contribution is 5.89. The van der Waals surface area contributed by atoms with Gasteiger partial charge in [0.05, 0.1) is 12.7 Å². The number of carbonyl (C=O) groups is 2. The van der Waals surface area contributed by atoms with Crippen molar-refractivity contribution in [2.45, 2.75) is 0 Å². The molecule has 0 unspecified atom stereocenters. The van der Waals surface area contributed by atoms with Crippen LogP contribution >= 0.6 is 0 Å². The van der Waals surface area contributed by atoms with E-state index in [1.807, 2.05) is 0 Å². The Labute approximate surface area is 102 Å². The molecule has 18 heavy (non-hydrogen) atoms. The second-order valence-electron chi connectivity index (χ2n) is 3.34. The Morgan fingerprint density at radius 2 is 2.17 bits per heavy atom. The Kier molecular flexibility index (Phi) is 3.05. The van der Waals surface area contributed by atoms with Crippen LogP contribution in [0.25, 0.3) is 5.82 Å². The summed E-state index contributed by atoms with van der Waals surface area (Å²) >= 11 is 0. The molecule has 7 heteroatoms. The molecule has 7 nitrogen and oxygen atoms in total. The van der Waals surface area contributed by atoms with E-state index in [4.69, 9.17) is 5.11 Å². The lowest BCUT2D eigenvalue weighted by atomic mass is 10.2. The molecule has 0 fully saturated rings. The van der Waals surface area contributed by atoms with E-state index in [0.29, 0.717) is 11.4 Å². The summed E-state index contributed by atoms with van der Waals surface area (Å²) in [5, 5.41) is 12.6. The quantitative estimate of drug-likeness (QED) is 0.804. The predicted octanol–water partition coefficient (Wildman–Crippen LogP) is 0.752. The van der Waals surface area contributed by atoms with Gasteiger partial charge in [0.25, 0.3) is 0 Å². The molecule has 0 bridgehead atoms. The molecule has 2 aromatic heterocycles. The number of aromatic nitrogens is 3. The number of ether oxygens (including phenoxy) is 1. The molecule has 0 spiro atoms. The maximum Gasteiger partial charge on any atom is 0.356 e. The van der Waals surface area contributed by atoms with Crippen LogP contribution in [0.3, 0.4) is 0 Å². The highest BCUT2D eigenvalue weighted by Gasteiger charge is 2.11. The van der Waals surface area contributed by atoms with Gasteiger partial charge in [-0.2, -0.15) is 5.10 Å². The molecule has 0 aliphatic rings. The lowest BCUT2D eigenvalue weighted by Gasteiger charge is -2.02. The van der Waals surface area contributed by atoms with E-state index >= 15 is 0 Å². The summed E-state index contributed by atoms with van der Waals surface area (Å²) in [4.78, 5) is 26.0. The molecule has 0 aliphatic heterocycles. The van der Waals surface area contributed by atoms with E-state index < -0.39 is 11.9 Å².